The lowest BCUT2D eigenvalue weighted by Crippen LogP contribution is -2.57. The normalized spacial score (nSPS) is 37.7. The number of likely N-dealkylation sites (tertiary alicyclic amines) is 1. The number of fused-ring (bicyclic) bond motifs is 1. The van der Waals surface area contributed by atoms with Crippen molar-refractivity contribution in [2.45, 2.75) is 63.5 Å². The Bertz CT molecular complexity index is 849. The zero-order valence-corrected chi connectivity index (χ0v) is 18.1. The number of nitrogens with zero attached hydrogens (tertiary/aromatic N) is 1. The number of amides is 2. The van der Waals surface area contributed by atoms with Crippen molar-refractivity contribution in [3.8, 4) is 11.5 Å². The Morgan fingerprint density at radius 3 is 2.42 bits per heavy atom. The van der Waals surface area contributed by atoms with E-state index in [0.717, 1.165) is 62.2 Å². The third-order valence-electron chi connectivity index (χ3n) is 8.38. The molecule has 0 radical (unpaired) electrons. The first kappa shape index (κ1) is 19.4. The molecule has 1 saturated heterocycles. The molecule has 4 saturated carbocycles. The van der Waals surface area contributed by atoms with Gasteiger partial charge in [-0.2, -0.15) is 0 Å². The van der Waals surface area contributed by atoms with Crippen LogP contribution in [0.5, 0.6) is 11.5 Å². The van der Waals surface area contributed by atoms with Crippen LogP contribution in [0.1, 0.15) is 51.4 Å². The van der Waals surface area contributed by atoms with Crippen LogP contribution < -0.4 is 14.8 Å². The predicted octanol–water partition coefficient (Wildman–Crippen LogP) is 3.15. The monoisotopic (exact) mass is 424 g/mol. The zero-order valence-electron chi connectivity index (χ0n) is 18.1. The topological polar surface area (TPSA) is 67.9 Å². The second-order valence-corrected chi connectivity index (χ2v) is 10.6. The molecule has 1 N–H and O–H groups in total. The van der Waals surface area contributed by atoms with Crippen LogP contribution in [0.15, 0.2) is 24.3 Å². The Hall–Kier alpha value is -2.24. The fourth-order valence-electron chi connectivity index (χ4n) is 7.46. The van der Waals surface area contributed by atoms with Crippen molar-refractivity contribution in [3.05, 3.63) is 24.3 Å². The van der Waals surface area contributed by atoms with Crippen molar-refractivity contribution < 1.29 is 19.1 Å². The number of ether oxygens (including phenoxy) is 2. The van der Waals surface area contributed by atoms with Crippen molar-refractivity contribution in [3.63, 3.8) is 0 Å². The summed E-state index contributed by atoms with van der Waals surface area (Å²) >= 11 is 0. The molecule has 6 aliphatic rings. The minimum absolute atomic E-state index is 0.0435. The van der Waals surface area contributed by atoms with E-state index >= 15 is 0 Å². The number of hydrogen-bond acceptors (Lipinski definition) is 4. The van der Waals surface area contributed by atoms with Crippen LogP contribution in [-0.4, -0.2) is 48.6 Å². The summed E-state index contributed by atoms with van der Waals surface area (Å²) < 4.78 is 11.7. The Labute approximate surface area is 183 Å². The van der Waals surface area contributed by atoms with Gasteiger partial charge in [0.15, 0.2) is 11.5 Å². The Morgan fingerprint density at radius 2 is 1.71 bits per heavy atom. The summed E-state index contributed by atoms with van der Waals surface area (Å²) in [6, 6.07) is 7.26. The lowest BCUT2D eigenvalue weighted by Gasteiger charge is -2.56. The highest BCUT2D eigenvalue weighted by atomic mass is 16.6. The van der Waals surface area contributed by atoms with Crippen molar-refractivity contribution in [2.24, 2.45) is 23.2 Å². The summed E-state index contributed by atoms with van der Waals surface area (Å²) in [6.07, 6.45) is 8.57. The van der Waals surface area contributed by atoms with Gasteiger partial charge in [0.1, 0.15) is 18.8 Å². The molecule has 5 fully saturated rings. The number of carbonyl (C=O) groups excluding carboxylic acids is 2. The summed E-state index contributed by atoms with van der Waals surface area (Å²) in [6.45, 7) is 1.52. The summed E-state index contributed by atoms with van der Waals surface area (Å²) in [5.41, 5.74) is -0.179. The van der Waals surface area contributed by atoms with E-state index in [0.29, 0.717) is 18.9 Å². The van der Waals surface area contributed by atoms with Crippen LogP contribution in [0, 0.1) is 23.2 Å². The SMILES string of the molecule is O=C(NC[C@@H]1COc2ccccc2O1)[C@H]1CCCN1C(=O)C12CC3CC(CC(C3)C1)C2. The molecule has 2 amide bonds. The van der Waals surface area contributed by atoms with Gasteiger partial charge in [-0.05, 0) is 81.3 Å². The molecular formula is C25H32N2O4. The first-order valence-corrected chi connectivity index (χ1v) is 12.1. The van der Waals surface area contributed by atoms with Crippen LogP contribution in [0.4, 0.5) is 0 Å². The average molecular weight is 425 g/mol. The highest BCUT2D eigenvalue weighted by Crippen LogP contribution is 2.60. The lowest BCUT2D eigenvalue weighted by atomic mass is 9.49. The van der Waals surface area contributed by atoms with E-state index in [2.05, 4.69) is 5.32 Å². The van der Waals surface area contributed by atoms with E-state index in [1.165, 1.54) is 19.3 Å². The smallest absolute Gasteiger partial charge is 0.242 e. The first-order chi connectivity index (χ1) is 15.1. The molecule has 1 aromatic carbocycles. The van der Waals surface area contributed by atoms with Crippen molar-refractivity contribution in [1.29, 1.82) is 0 Å². The number of hydrogen-bond donors (Lipinski definition) is 1. The molecule has 7 rings (SSSR count). The van der Waals surface area contributed by atoms with Gasteiger partial charge in [0.05, 0.1) is 12.0 Å². The summed E-state index contributed by atoms with van der Waals surface area (Å²) in [4.78, 5) is 28.8. The van der Waals surface area contributed by atoms with Gasteiger partial charge < -0.3 is 19.7 Å². The Morgan fingerprint density at radius 1 is 1.03 bits per heavy atom. The minimum Gasteiger partial charge on any atom is -0.486 e. The van der Waals surface area contributed by atoms with Gasteiger partial charge in [0.25, 0.3) is 0 Å². The molecule has 1 aromatic rings. The molecule has 6 heteroatoms. The van der Waals surface area contributed by atoms with Crippen molar-refractivity contribution in [1.82, 2.24) is 10.2 Å². The van der Waals surface area contributed by atoms with Gasteiger partial charge >= 0.3 is 0 Å². The number of nitrogens with one attached hydrogen (secondary N) is 1. The van der Waals surface area contributed by atoms with Gasteiger partial charge in [-0.1, -0.05) is 12.1 Å². The number of benzene rings is 1. The van der Waals surface area contributed by atoms with Crippen molar-refractivity contribution >= 4 is 11.8 Å². The van der Waals surface area contributed by atoms with Crippen LogP contribution in [0.2, 0.25) is 0 Å². The van der Waals surface area contributed by atoms with Gasteiger partial charge in [-0.25, -0.2) is 0 Å². The maximum atomic E-state index is 13.8. The molecule has 0 spiro atoms. The number of rotatable bonds is 4. The van der Waals surface area contributed by atoms with Crippen LogP contribution >= 0.6 is 0 Å². The minimum atomic E-state index is -0.336. The second-order valence-electron chi connectivity index (χ2n) is 10.6. The summed E-state index contributed by atoms with van der Waals surface area (Å²) in [5.74, 6) is 3.89. The summed E-state index contributed by atoms with van der Waals surface area (Å²) in [7, 11) is 0. The second kappa shape index (κ2) is 7.42. The van der Waals surface area contributed by atoms with E-state index in [1.54, 1.807) is 0 Å². The van der Waals surface area contributed by atoms with Crippen LogP contribution in [-0.2, 0) is 9.59 Å². The molecule has 4 aliphatic carbocycles. The molecular weight excluding hydrogens is 392 g/mol. The van der Waals surface area contributed by atoms with Crippen LogP contribution in [0.3, 0.4) is 0 Å². The molecule has 2 heterocycles. The van der Waals surface area contributed by atoms with E-state index in [9.17, 15) is 9.59 Å². The van der Waals surface area contributed by atoms with E-state index in [4.69, 9.17) is 9.47 Å². The predicted molar refractivity (Wildman–Crippen MR) is 115 cm³/mol. The maximum Gasteiger partial charge on any atom is 0.242 e. The molecule has 0 aromatic heterocycles. The third kappa shape index (κ3) is 3.39. The summed E-state index contributed by atoms with van der Waals surface area (Å²) in [5, 5.41) is 3.05. The fourth-order valence-corrected chi connectivity index (χ4v) is 7.46. The fraction of sp³-hybridized carbons (Fsp3) is 0.680. The Balaban J connectivity index is 1.09. The van der Waals surface area contributed by atoms with Crippen LogP contribution in [0.25, 0.3) is 0 Å². The molecule has 6 nitrogen and oxygen atoms in total. The molecule has 2 atom stereocenters. The molecule has 31 heavy (non-hydrogen) atoms. The number of para-hydroxylation sites is 2. The van der Waals surface area contributed by atoms with Gasteiger partial charge in [-0.15, -0.1) is 0 Å². The molecule has 0 unspecified atom stereocenters. The zero-order chi connectivity index (χ0) is 21.0. The number of carbonyl (C=O) groups is 2. The molecule has 4 bridgehead atoms. The quantitative estimate of drug-likeness (QED) is 0.806. The van der Waals surface area contributed by atoms with Gasteiger partial charge in [0.2, 0.25) is 11.8 Å². The first-order valence-electron chi connectivity index (χ1n) is 12.1. The highest BCUT2D eigenvalue weighted by molar-refractivity contribution is 5.91. The van der Waals surface area contributed by atoms with E-state index in [1.807, 2.05) is 29.2 Å². The lowest BCUT2D eigenvalue weighted by molar-refractivity contribution is -0.160. The average Bonchev–Trinajstić information content (AvgIpc) is 3.26. The third-order valence-corrected chi connectivity index (χ3v) is 8.38. The van der Waals surface area contributed by atoms with Gasteiger partial charge in [-0.3, -0.25) is 9.59 Å². The van der Waals surface area contributed by atoms with E-state index in [-0.39, 0.29) is 29.4 Å². The molecule has 166 valence electrons. The standard InChI is InChI=1S/C25H32N2O4/c28-23(26-14-19-15-30-21-5-1-2-6-22(21)31-19)20-4-3-7-27(20)24(29)25-11-16-8-17(12-25)10-18(9-16)13-25/h1-2,5-6,16-20H,3-4,7-15H2,(H,26,28)/t16?,17?,18?,19-,20-,25?/m1/s1. The largest absolute Gasteiger partial charge is 0.486 e. The Kier molecular flexibility index (Phi) is 4.65. The molecule has 2 aliphatic heterocycles. The maximum absolute atomic E-state index is 13.8. The highest BCUT2D eigenvalue weighted by Gasteiger charge is 2.56. The van der Waals surface area contributed by atoms with E-state index < -0.39 is 0 Å². The van der Waals surface area contributed by atoms with Crippen molar-refractivity contribution in [2.75, 3.05) is 19.7 Å². The van der Waals surface area contributed by atoms with Gasteiger partial charge in [0, 0.05) is 6.54 Å².